The average molecular weight is 352 g/mol. The molecule has 0 unspecified atom stereocenters. The standard InChI is InChI=1S/C20H14F2N2O2/c21-15-7-5-11(9-17(15)23)19(25)13-3-1-2-4-14(13)20(26)12-6-8-16(22)18(24)10-12/h1-10H,23-24H2. The molecule has 26 heavy (non-hydrogen) atoms. The van der Waals surface area contributed by atoms with E-state index in [1.54, 1.807) is 12.1 Å². The predicted octanol–water partition coefficient (Wildman–Crippen LogP) is 3.59. The Kier molecular flexibility index (Phi) is 4.49. The van der Waals surface area contributed by atoms with Gasteiger partial charge in [-0.15, -0.1) is 0 Å². The van der Waals surface area contributed by atoms with E-state index in [0.717, 1.165) is 12.1 Å². The molecule has 0 bridgehead atoms. The highest BCUT2D eigenvalue weighted by atomic mass is 19.1. The molecule has 4 nitrogen and oxygen atoms in total. The SMILES string of the molecule is Nc1cc(C(=O)c2ccccc2C(=O)c2ccc(F)c(N)c2)ccc1F. The van der Waals surface area contributed by atoms with E-state index < -0.39 is 23.2 Å². The van der Waals surface area contributed by atoms with Gasteiger partial charge in [-0.1, -0.05) is 24.3 Å². The summed E-state index contributed by atoms with van der Waals surface area (Å²) >= 11 is 0. The van der Waals surface area contributed by atoms with E-state index in [0.29, 0.717) is 0 Å². The van der Waals surface area contributed by atoms with Gasteiger partial charge in [-0.25, -0.2) is 8.78 Å². The largest absolute Gasteiger partial charge is 0.396 e. The highest BCUT2D eigenvalue weighted by molar-refractivity contribution is 6.19. The quantitative estimate of drug-likeness (QED) is 0.555. The minimum Gasteiger partial charge on any atom is -0.396 e. The van der Waals surface area contributed by atoms with Crippen LogP contribution in [-0.4, -0.2) is 11.6 Å². The van der Waals surface area contributed by atoms with Crippen LogP contribution in [0.3, 0.4) is 0 Å². The van der Waals surface area contributed by atoms with Crippen molar-refractivity contribution in [1.82, 2.24) is 0 Å². The first-order chi connectivity index (χ1) is 12.4. The fraction of sp³-hybridized carbons (Fsp3) is 0. The highest BCUT2D eigenvalue weighted by Crippen LogP contribution is 2.22. The van der Waals surface area contributed by atoms with E-state index in [-0.39, 0.29) is 33.6 Å². The number of rotatable bonds is 4. The van der Waals surface area contributed by atoms with Gasteiger partial charge in [0.15, 0.2) is 11.6 Å². The van der Waals surface area contributed by atoms with E-state index in [1.165, 1.54) is 36.4 Å². The minimum absolute atomic E-state index is 0.131. The van der Waals surface area contributed by atoms with Crippen LogP contribution in [0.25, 0.3) is 0 Å². The summed E-state index contributed by atoms with van der Waals surface area (Å²) in [5.41, 5.74) is 11.3. The first kappa shape index (κ1) is 17.3. The molecule has 0 amide bonds. The van der Waals surface area contributed by atoms with Crippen LogP contribution in [0.5, 0.6) is 0 Å². The summed E-state index contributed by atoms with van der Waals surface area (Å²) in [4.78, 5) is 25.5. The number of nitrogen functional groups attached to an aromatic ring is 2. The lowest BCUT2D eigenvalue weighted by Crippen LogP contribution is -2.12. The number of carbonyl (C=O) groups excluding carboxylic acids is 2. The first-order valence-corrected chi connectivity index (χ1v) is 7.67. The Morgan fingerprint density at radius 3 is 1.38 bits per heavy atom. The van der Waals surface area contributed by atoms with Gasteiger partial charge >= 0.3 is 0 Å². The van der Waals surface area contributed by atoms with Crippen molar-refractivity contribution in [2.45, 2.75) is 0 Å². The van der Waals surface area contributed by atoms with Crippen molar-refractivity contribution in [2.75, 3.05) is 11.5 Å². The van der Waals surface area contributed by atoms with E-state index in [2.05, 4.69) is 0 Å². The second-order valence-electron chi connectivity index (χ2n) is 5.68. The van der Waals surface area contributed by atoms with Crippen molar-refractivity contribution in [3.63, 3.8) is 0 Å². The Balaban J connectivity index is 2.05. The minimum atomic E-state index is -0.632. The van der Waals surface area contributed by atoms with Gasteiger partial charge < -0.3 is 11.5 Å². The normalized spacial score (nSPS) is 10.5. The molecule has 0 saturated heterocycles. The summed E-state index contributed by atoms with van der Waals surface area (Å²) < 4.78 is 26.7. The molecule has 6 heteroatoms. The molecule has 3 aromatic carbocycles. The second kappa shape index (κ2) is 6.76. The molecule has 0 aliphatic rings. The van der Waals surface area contributed by atoms with Crippen LogP contribution >= 0.6 is 0 Å². The zero-order valence-corrected chi connectivity index (χ0v) is 13.5. The molecule has 0 saturated carbocycles. The molecule has 3 rings (SSSR count). The monoisotopic (exact) mass is 352 g/mol. The molecular weight excluding hydrogens is 338 g/mol. The molecule has 0 aliphatic heterocycles. The lowest BCUT2D eigenvalue weighted by molar-refractivity contribution is 0.100. The van der Waals surface area contributed by atoms with Gasteiger partial charge in [-0.2, -0.15) is 0 Å². The van der Waals surface area contributed by atoms with Gasteiger partial charge in [-0.3, -0.25) is 9.59 Å². The number of hydrogen-bond donors (Lipinski definition) is 2. The molecule has 0 radical (unpaired) electrons. The van der Waals surface area contributed by atoms with Gasteiger partial charge in [0.1, 0.15) is 11.6 Å². The van der Waals surface area contributed by atoms with Crippen LogP contribution in [0.15, 0.2) is 60.7 Å². The summed E-state index contributed by atoms with van der Waals surface area (Å²) in [5.74, 6) is -2.22. The molecular formula is C20H14F2N2O2. The van der Waals surface area contributed by atoms with Gasteiger partial charge in [0.2, 0.25) is 0 Å². The lowest BCUT2D eigenvalue weighted by atomic mass is 9.93. The van der Waals surface area contributed by atoms with Crippen LogP contribution in [0, 0.1) is 11.6 Å². The molecule has 0 aromatic heterocycles. The molecule has 0 aliphatic carbocycles. The van der Waals surface area contributed by atoms with Gasteiger partial charge in [0.05, 0.1) is 11.4 Å². The lowest BCUT2D eigenvalue weighted by Gasteiger charge is -2.09. The summed E-state index contributed by atoms with van der Waals surface area (Å²) in [5, 5.41) is 0. The van der Waals surface area contributed by atoms with Crippen LogP contribution < -0.4 is 11.5 Å². The molecule has 4 N–H and O–H groups in total. The number of nitrogens with two attached hydrogens (primary N) is 2. The van der Waals surface area contributed by atoms with Crippen LogP contribution in [0.1, 0.15) is 31.8 Å². The Labute approximate surface area is 148 Å². The fourth-order valence-corrected chi connectivity index (χ4v) is 2.56. The highest BCUT2D eigenvalue weighted by Gasteiger charge is 2.20. The van der Waals surface area contributed by atoms with Crippen molar-refractivity contribution in [2.24, 2.45) is 0 Å². The number of hydrogen-bond acceptors (Lipinski definition) is 4. The number of halogens is 2. The Morgan fingerprint density at radius 1 is 0.654 bits per heavy atom. The third kappa shape index (κ3) is 3.17. The Morgan fingerprint density at radius 2 is 1.04 bits per heavy atom. The van der Waals surface area contributed by atoms with Crippen molar-refractivity contribution in [1.29, 1.82) is 0 Å². The van der Waals surface area contributed by atoms with Crippen LogP contribution in [-0.2, 0) is 0 Å². The third-order valence-electron chi connectivity index (χ3n) is 3.93. The van der Waals surface area contributed by atoms with E-state index in [1.807, 2.05) is 0 Å². The van der Waals surface area contributed by atoms with Crippen molar-refractivity contribution >= 4 is 22.9 Å². The second-order valence-corrected chi connectivity index (χ2v) is 5.68. The van der Waals surface area contributed by atoms with Crippen molar-refractivity contribution in [3.05, 3.63) is 94.6 Å². The van der Waals surface area contributed by atoms with Gasteiger partial charge in [0, 0.05) is 22.3 Å². The Hall–Kier alpha value is -3.54. The molecule has 0 fully saturated rings. The molecule has 0 atom stereocenters. The van der Waals surface area contributed by atoms with Crippen molar-refractivity contribution < 1.29 is 18.4 Å². The zero-order chi connectivity index (χ0) is 18.8. The van der Waals surface area contributed by atoms with Crippen LogP contribution in [0.4, 0.5) is 20.2 Å². The Bertz CT molecular complexity index is 950. The van der Waals surface area contributed by atoms with Gasteiger partial charge in [-0.05, 0) is 36.4 Å². The molecule has 0 heterocycles. The maximum Gasteiger partial charge on any atom is 0.193 e. The predicted molar refractivity (Wildman–Crippen MR) is 94.9 cm³/mol. The molecule has 0 spiro atoms. The first-order valence-electron chi connectivity index (χ1n) is 7.67. The summed E-state index contributed by atoms with van der Waals surface area (Å²) in [6.45, 7) is 0. The number of anilines is 2. The van der Waals surface area contributed by atoms with Crippen molar-refractivity contribution in [3.8, 4) is 0 Å². The topological polar surface area (TPSA) is 86.2 Å². The average Bonchev–Trinajstić information content (AvgIpc) is 2.65. The maximum atomic E-state index is 13.3. The number of carbonyl (C=O) groups is 2. The molecule has 3 aromatic rings. The van der Waals surface area contributed by atoms with Crippen LogP contribution in [0.2, 0.25) is 0 Å². The van der Waals surface area contributed by atoms with E-state index >= 15 is 0 Å². The molecule has 130 valence electrons. The summed E-state index contributed by atoms with van der Waals surface area (Å²) in [7, 11) is 0. The third-order valence-corrected chi connectivity index (χ3v) is 3.93. The number of benzene rings is 3. The maximum absolute atomic E-state index is 13.3. The summed E-state index contributed by atoms with van der Waals surface area (Å²) in [6, 6.07) is 13.4. The zero-order valence-electron chi connectivity index (χ0n) is 13.5. The number of ketones is 2. The summed E-state index contributed by atoms with van der Waals surface area (Å²) in [6.07, 6.45) is 0. The smallest absolute Gasteiger partial charge is 0.193 e. The van der Waals surface area contributed by atoms with Gasteiger partial charge in [0.25, 0.3) is 0 Å². The van der Waals surface area contributed by atoms with E-state index in [9.17, 15) is 18.4 Å². The fourth-order valence-electron chi connectivity index (χ4n) is 2.56. The van der Waals surface area contributed by atoms with E-state index in [4.69, 9.17) is 11.5 Å².